The van der Waals surface area contributed by atoms with E-state index >= 15 is 0 Å². The van der Waals surface area contributed by atoms with Gasteiger partial charge in [-0.05, 0) is 115 Å². The fraction of sp³-hybridized carbons (Fsp3) is 0.0417. The average Bonchev–Trinajstić information content (AvgIpc) is 3.17. The number of nitrogens with zero attached hydrogens (tertiary/aromatic N) is 2. The van der Waals surface area contributed by atoms with Gasteiger partial charge in [0.15, 0.2) is 0 Å². The van der Waals surface area contributed by atoms with Crippen LogP contribution >= 0.6 is 0 Å². The molecule has 2 heteroatoms. The predicted octanol–water partition coefficient (Wildman–Crippen LogP) is 13.6. The number of hydrogen-bond donors (Lipinski definition) is 0. The molecule has 0 radical (unpaired) electrons. The second-order valence-electron chi connectivity index (χ2n) is 12.5. The molecule has 0 aliphatic heterocycles. The number of benzene rings is 7. The first kappa shape index (κ1) is 32.2. The van der Waals surface area contributed by atoms with Gasteiger partial charge in [0.2, 0.25) is 0 Å². The Balaban J connectivity index is 1.05. The number of aryl methyl sites for hydroxylation is 2. The smallest absolute Gasteiger partial charge is 0.0462 e. The molecule has 242 valence electrons. The van der Waals surface area contributed by atoms with Crippen molar-refractivity contribution in [3.8, 4) is 0 Å². The van der Waals surface area contributed by atoms with Gasteiger partial charge in [-0.3, -0.25) is 0 Å². The molecule has 7 aromatic rings. The Bertz CT molecular complexity index is 2090. The van der Waals surface area contributed by atoms with Crippen LogP contribution in [0.2, 0.25) is 0 Å². The van der Waals surface area contributed by atoms with Crippen molar-refractivity contribution < 1.29 is 0 Å². The first-order valence-corrected chi connectivity index (χ1v) is 17.1. The largest absolute Gasteiger partial charge is 0.311 e. The first-order valence-electron chi connectivity index (χ1n) is 17.1. The van der Waals surface area contributed by atoms with Crippen molar-refractivity contribution in [1.82, 2.24) is 0 Å². The lowest BCUT2D eigenvalue weighted by atomic mass is 10.1. The Morgan fingerprint density at radius 3 is 0.940 bits per heavy atom. The highest BCUT2D eigenvalue weighted by Gasteiger charge is 2.13. The van der Waals surface area contributed by atoms with Crippen molar-refractivity contribution >= 4 is 58.4 Å². The quantitative estimate of drug-likeness (QED) is 0.137. The summed E-state index contributed by atoms with van der Waals surface area (Å²) in [5.74, 6) is 0. The van der Waals surface area contributed by atoms with Crippen LogP contribution in [-0.2, 0) is 0 Å². The Morgan fingerprint density at radius 2 is 0.580 bits per heavy atom. The van der Waals surface area contributed by atoms with Gasteiger partial charge in [0.25, 0.3) is 0 Å². The van der Waals surface area contributed by atoms with Crippen LogP contribution < -0.4 is 9.80 Å². The molecule has 0 heterocycles. The topological polar surface area (TPSA) is 6.48 Å². The van der Waals surface area contributed by atoms with Crippen molar-refractivity contribution in [2.75, 3.05) is 9.80 Å². The lowest BCUT2D eigenvalue weighted by Crippen LogP contribution is -2.09. The molecule has 7 rings (SSSR count). The molecule has 0 aliphatic carbocycles. The van der Waals surface area contributed by atoms with E-state index in [-0.39, 0.29) is 0 Å². The molecule has 0 amide bonds. The summed E-state index contributed by atoms with van der Waals surface area (Å²) in [7, 11) is 0. The van der Waals surface area contributed by atoms with E-state index in [2.05, 4.69) is 230 Å². The summed E-state index contributed by atoms with van der Waals surface area (Å²) in [5.41, 5.74) is 13.9. The van der Waals surface area contributed by atoms with E-state index in [1.54, 1.807) is 0 Å². The molecular formula is C48H40N2. The van der Waals surface area contributed by atoms with Gasteiger partial charge in [0, 0.05) is 34.1 Å². The maximum Gasteiger partial charge on any atom is 0.0462 e. The minimum Gasteiger partial charge on any atom is -0.311 e. The maximum absolute atomic E-state index is 2.30. The highest BCUT2D eigenvalue weighted by molar-refractivity contribution is 5.80. The third-order valence-electron chi connectivity index (χ3n) is 8.76. The molecule has 0 bridgehead atoms. The summed E-state index contributed by atoms with van der Waals surface area (Å²) in [6.07, 6.45) is 8.71. The van der Waals surface area contributed by atoms with Crippen LogP contribution in [0.25, 0.3) is 24.3 Å². The molecule has 0 saturated heterocycles. The minimum absolute atomic E-state index is 1.12. The van der Waals surface area contributed by atoms with E-state index in [1.807, 2.05) is 0 Å². The zero-order valence-corrected chi connectivity index (χ0v) is 28.5. The highest BCUT2D eigenvalue weighted by atomic mass is 15.1. The van der Waals surface area contributed by atoms with Crippen molar-refractivity contribution in [3.63, 3.8) is 0 Å². The number of anilines is 6. The predicted molar refractivity (Wildman–Crippen MR) is 216 cm³/mol. The molecule has 0 N–H and O–H groups in total. The van der Waals surface area contributed by atoms with Crippen LogP contribution in [0.3, 0.4) is 0 Å². The van der Waals surface area contributed by atoms with Crippen LogP contribution in [0.1, 0.15) is 33.4 Å². The van der Waals surface area contributed by atoms with Gasteiger partial charge in [-0.25, -0.2) is 0 Å². The third-order valence-corrected chi connectivity index (χ3v) is 8.76. The SMILES string of the molecule is Cc1ccc(N(c2ccc(C)cc2)c2ccc(/C=C/c3cccc(/C=C/c4ccc(N(c5ccccc5)c5ccccc5)cc4)c3)cc2)cc1. The normalized spacial score (nSPS) is 11.2. The van der Waals surface area contributed by atoms with Gasteiger partial charge < -0.3 is 9.80 Å². The number of rotatable bonds is 10. The Hall–Kier alpha value is -6.38. The zero-order valence-electron chi connectivity index (χ0n) is 28.5. The van der Waals surface area contributed by atoms with Crippen molar-refractivity contribution in [3.05, 3.63) is 215 Å². The fourth-order valence-corrected chi connectivity index (χ4v) is 6.06. The van der Waals surface area contributed by atoms with Gasteiger partial charge in [0.1, 0.15) is 0 Å². The highest BCUT2D eigenvalue weighted by Crippen LogP contribution is 2.36. The molecule has 0 unspecified atom stereocenters. The van der Waals surface area contributed by atoms with Gasteiger partial charge in [-0.1, -0.05) is 139 Å². The summed E-state index contributed by atoms with van der Waals surface area (Å²) < 4.78 is 0. The van der Waals surface area contributed by atoms with Gasteiger partial charge in [-0.15, -0.1) is 0 Å². The molecule has 0 spiro atoms. The second kappa shape index (κ2) is 15.2. The van der Waals surface area contributed by atoms with Crippen molar-refractivity contribution in [2.24, 2.45) is 0 Å². The van der Waals surface area contributed by atoms with Crippen LogP contribution in [0.5, 0.6) is 0 Å². The van der Waals surface area contributed by atoms with Gasteiger partial charge in [0.05, 0.1) is 0 Å². The van der Waals surface area contributed by atoms with Crippen LogP contribution in [0.15, 0.2) is 182 Å². The lowest BCUT2D eigenvalue weighted by molar-refractivity contribution is 1.27. The van der Waals surface area contributed by atoms with E-state index in [4.69, 9.17) is 0 Å². The van der Waals surface area contributed by atoms with Crippen LogP contribution in [0.4, 0.5) is 34.1 Å². The zero-order chi connectivity index (χ0) is 34.1. The second-order valence-corrected chi connectivity index (χ2v) is 12.5. The van der Waals surface area contributed by atoms with Crippen LogP contribution in [-0.4, -0.2) is 0 Å². The first-order chi connectivity index (χ1) is 24.6. The Morgan fingerprint density at radius 1 is 0.280 bits per heavy atom. The molecule has 0 aromatic heterocycles. The molecule has 2 nitrogen and oxygen atoms in total. The third kappa shape index (κ3) is 7.84. The summed E-state index contributed by atoms with van der Waals surface area (Å²) in [6.45, 7) is 4.25. The summed E-state index contributed by atoms with van der Waals surface area (Å²) >= 11 is 0. The van der Waals surface area contributed by atoms with E-state index in [0.717, 1.165) is 56.4 Å². The number of hydrogen-bond acceptors (Lipinski definition) is 2. The Labute approximate surface area is 296 Å². The molecule has 0 fully saturated rings. The average molecular weight is 645 g/mol. The van der Waals surface area contributed by atoms with Gasteiger partial charge >= 0.3 is 0 Å². The van der Waals surface area contributed by atoms with E-state index in [9.17, 15) is 0 Å². The summed E-state index contributed by atoms with van der Waals surface area (Å²) in [6, 6.07) is 64.5. The summed E-state index contributed by atoms with van der Waals surface area (Å²) in [5, 5.41) is 0. The van der Waals surface area contributed by atoms with E-state index in [0.29, 0.717) is 0 Å². The standard InChI is InChI=1S/C48H40N2/c1-37-16-28-45(29-17-37)50(46-30-18-38(2)19-31-46)48-34-26-40(27-35-48)21-23-42-11-9-10-41(36-42)22-20-39-24-32-47(33-25-39)49(43-12-5-3-6-13-43)44-14-7-4-8-15-44/h3-36H,1-2H3/b22-20+,23-21+. The molecule has 0 atom stereocenters. The fourth-order valence-electron chi connectivity index (χ4n) is 6.06. The molecule has 50 heavy (non-hydrogen) atoms. The molecular weight excluding hydrogens is 605 g/mol. The van der Waals surface area contributed by atoms with Crippen molar-refractivity contribution in [2.45, 2.75) is 13.8 Å². The van der Waals surface area contributed by atoms with E-state index < -0.39 is 0 Å². The summed E-state index contributed by atoms with van der Waals surface area (Å²) in [4.78, 5) is 4.58. The Kier molecular flexibility index (Phi) is 9.80. The van der Waals surface area contributed by atoms with Gasteiger partial charge in [-0.2, -0.15) is 0 Å². The monoisotopic (exact) mass is 644 g/mol. The molecule has 0 aliphatic rings. The van der Waals surface area contributed by atoms with E-state index in [1.165, 1.54) is 11.1 Å². The van der Waals surface area contributed by atoms with Crippen LogP contribution in [0, 0.1) is 13.8 Å². The van der Waals surface area contributed by atoms with Crippen molar-refractivity contribution in [1.29, 1.82) is 0 Å². The molecule has 7 aromatic carbocycles. The molecule has 0 saturated carbocycles. The lowest BCUT2D eigenvalue weighted by Gasteiger charge is -2.25. The number of para-hydroxylation sites is 2. The maximum atomic E-state index is 2.30. The minimum atomic E-state index is 1.12.